The highest BCUT2D eigenvalue weighted by Crippen LogP contribution is 2.41. The second-order valence-electron chi connectivity index (χ2n) is 7.89. The molecule has 0 aliphatic heterocycles. The lowest BCUT2D eigenvalue weighted by molar-refractivity contribution is 0.100. The Balaban J connectivity index is 4.98. The van der Waals surface area contributed by atoms with Gasteiger partial charge in [-0.1, -0.05) is 34.6 Å². The molecule has 0 saturated carbocycles. The van der Waals surface area contributed by atoms with Gasteiger partial charge in [-0.3, -0.25) is 0 Å². The zero-order valence-electron chi connectivity index (χ0n) is 13.6. The lowest BCUT2D eigenvalue weighted by Gasteiger charge is -2.42. The van der Waals surface area contributed by atoms with Gasteiger partial charge in [0.05, 0.1) is 6.26 Å². The van der Waals surface area contributed by atoms with Crippen LogP contribution in [0.1, 0.15) is 61.8 Å². The summed E-state index contributed by atoms with van der Waals surface area (Å²) in [6.45, 7) is 17.4. The molecule has 4 heteroatoms. The molecule has 0 aliphatic carbocycles. The zero-order valence-corrected chi connectivity index (χ0v) is 14.4. The van der Waals surface area contributed by atoms with E-state index in [1.165, 1.54) is 6.26 Å². The number of hydrogen-bond donors (Lipinski definition) is 0. The first-order valence-electron chi connectivity index (χ1n) is 6.57. The Bertz CT molecular complexity index is 370. The smallest absolute Gasteiger partial charge is 0.211 e. The number of rotatable bonds is 4. The second-order valence-corrected chi connectivity index (χ2v) is 9.80. The summed E-state index contributed by atoms with van der Waals surface area (Å²) in [6.07, 6.45) is 2.16. The number of hydrogen-bond acceptors (Lipinski definition) is 2. The van der Waals surface area contributed by atoms with Crippen LogP contribution in [-0.4, -0.2) is 31.1 Å². The molecule has 0 aromatic heterocycles. The molecule has 0 aromatic carbocycles. The number of nitrogens with zero attached hydrogens (tertiary/aromatic N) is 1. The fourth-order valence-electron chi connectivity index (χ4n) is 1.75. The fourth-order valence-corrected chi connectivity index (χ4v) is 3.17. The first-order valence-corrected chi connectivity index (χ1v) is 8.42. The molecular formula is C14H31NO2S. The van der Waals surface area contributed by atoms with Gasteiger partial charge in [0, 0.05) is 12.1 Å². The highest BCUT2D eigenvalue weighted by atomic mass is 32.2. The van der Waals surface area contributed by atoms with Crippen LogP contribution in [0.3, 0.4) is 0 Å². The van der Waals surface area contributed by atoms with Gasteiger partial charge in [-0.15, -0.1) is 0 Å². The Kier molecular flexibility index (Phi) is 5.10. The molecule has 0 aliphatic rings. The molecule has 0 aromatic rings. The summed E-state index contributed by atoms with van der Waals surface area (Å²) in [5.41, 5.74) is -0.100. The Morgan fingerprint density at radius 3 is 1.50 bits per heavy atom. The van der Waals surface area contributed by atoms with Crippen molar-refractivity contribution in [1.82, 2.24) is 4.31 Å². The minimum absolute atomic E-state index is 0.0984. The highest BCUT2D eigenvalue weighted by molar-refractivity contribution is 7.88. The summed E-state index contributed by atoms with van der Waals surface area (Å²) >= 11 is 0. The van der Waals surface area contributed by atoms with Crippen molar-refractivity contribution in [3.63, 3.8) is 0 Å². The SMILES string of the molecule is CC(C)(C)N(CCC(C)(C)C(C)(C)C)S(C)(=O)=O. The van der Waals surface area contributed by atoms with Crippen molar-refractivity contribution in [1.29, 1.82) is 0 Å². The van der Waals surface area contributed by atoms with Crippen molar-refractivity contribution < 1.29 is 8.42 Å². The molecule has 0 spiro atoms. The van der Waals surface area contributed by atoms with E-state index in [0.717, 1.165) is 6.42 Å². The van der Waals surface area contributed by atoms with E-state index in [1.54, 1.807) is 4.31 Å². The molecule has 3 nitrogen and oxygen atoms in total. The molecule has 0 N–H and O–H groups in total. The van der Waals surface area contributed by atoms with Crippen LogP contribution in [0.15, 0.2) is 0 Å². The largest absolute Gasteiger partial charge is 0.212 e. The minimum atomic E-state index is -3.16. The van der Waals surface area contributed by atoms with Gasteiger partial charge in [0.2, 0.25) is 10.0 Å². The Morgan fingerprint density at radius 2 is 1.28 bits per heavy atom. The van der Waals surface area contributed by atoms with Crippen LogP contribution >= 0.6 is 0 Å². The quantitative estimate of drug-likeness (QED) is 0.788. The molecular weight excluding hydrogens is 246 g/mol. The molecule has 0 bridgehead atoms. The maximum atomic E-state index is 11.9. The topological polar surface area (TPSA) is 37.4 Å². The maximum absolute atomic E-state index is 11.9. The van der Waals surface area contributed by atoms with E-state index in [4.69, 9.17) is 0 Å². The van der Waals surface area contributed by atoms with Crippen LogP contribution in [0.4, 0.5) is 0 Å². The Labute approximate surface area is 114 Å². The van der Waals surface area contributed by atoms with Crippen LogP contribution in [0.2, 0.25) is 0 Å². The lowest BCUT2D eigenvalue weighted by Crippen LogP contribution is -2.47. The third-order valence-corrected chi connectivity index (χ3v) is 5.65. The third-order valence-electron chi connectivity index (χ3n) is 4.12. The van der Waals surface area contributed by atoms with Crippen LogP contribution in [0, 0.1) is 10.8 Å². The van der Waals surface area contributed by atoms with Crippen LogP contribution in [0.25, 0.3) is 0 Å². The average Bonchev–Trinajstić information content (AvgIpc) is 1.95. The minimum Gasteiger partial charge on any atom is -0.212 e. The van der Waals surface area contributed by atoms with Gasteiger partial charge in [0.1, 0.15) is 0 Å². The third kappa shape index (κ3) is 4.88. The summed E-state index contributed by atoms with van der Waals surface area (Å²) in [6, 6.07) is 0. The highest BCUT2D eigenvalue weighted by Gasteiger charge is 2.36. The molecule has 18 heavy (non-hydrogen) atoms. The van der Waals surface area contributed by atoms with Gasteiger partial charge in [-0.25, -0.2) is 8.42 Å². The molecule has 0 saturated heterocycles. The van der Waals surface area contributed by atoms with Crippen molar-refractivity contribution >= 4 is 10.0 Å². The maximum Gasteiger partial charge on any atom is 0.211 e. The molecule has 0 amide bonds. The zero-order chi connectivity index (χ0) is 15.0. The van der Waals surface area contributed by atoms with Crippen molar-refractivity contribution in [3.8, 4) is 0 Å². The van der Waals surface area contributed by atoms with Crippen molar-refractivity contribution in [3.05, 3.63) is 0 Å². The predicted octanol–water partition coefficient (Wildman–Crippen LogP) is 3.51. The normalized spacial score (nSPS) is 15.2. The van der Waals surface area contributed by atoms with Crippen molar-refractivity contribution in [2.75, 3.05) is 12.8 Å². The monoisotopic (exact) mass is 277 g/mol. The average molecular weight is 277 g/mol. The fraction of sp³-hybridized carbons (Fsp3) is 1.00. The molecule has 0 radical (unpaired) electrons. The van der Waals surface area contributed by atoms with Gasteiger partial charge in [0.25, 0.3) is 0 Å². The summed E-state index contributed by atoms with van der Waals surface area (Å²) < 4.78 is 25.3. The van der Waals surface area contributed by atoms with Gasteiger partial charge >= 0.3 is 0 Å². The Morgan fingerprint density at radius 1 is 0.889 bits per heavy atom. The standard InChI is InChI=1S/C14H31NO2S/c1-12(2,3)14(7,8)10-11-15(13(4,5)6)18(9,16)17/h10-11H2,1-9H3. The molecule has 0 rings (SSSR count). The van der Waals surface area contributed by atoms with Gasteiger partial charge in [-0.2, -0.15) is 4.31 Å². The number of sulfonamides is 1. The summed E-state index contributed by atoms with van der Waals surface area (Å²) in [5, 5.41) is 0. The van der Waals surface area contributed by atoms with E-state index in [9.17, 15) is 8.42 Å². The predicted molar refractivity (Wildman–Crippen MR) is 79.2 cm³/mol. The van der Waals surface area contributed by atoms with Crippen LogP contribution < -0.4 is 0 Å². The van der Waals surface area contributed by atoms with Gasteiger partial charge < -0.3 is 0 Å². The molecule has 110 valence electrons. The molecule has 0 unspecified atom stereocenters. The summed E-state index contributed by atoms with van der Waals surface area (Å²) in [5.74, 6) is 0. The van der Waals surface area contributed by atoms with Gasteiger partial charge in [-0.05, 0) is 38.0 Å². The van der Waals surface area contributed by atoms with E-state index in [-0.39, 0.29) is 16.4 Å². The van der Waals surface area contributed by atoms with E-state index in [2.05, 4.69) is 34.6 Å². The Hall–Kier alpha value is -0.0900. The van der Waals surface area contributed by atoms with E-state index in [1.807, 2.05) is 20.8 Å². The van der Waals surface area contributed by atoms with Crippen LogP contribution in [0.5, 0.6) is 0 Å². The second kappa shape index (κ2) is 5.12. The first kappa shape index (κ1) is 17.9. The van der Waals surface area contributed by atoms with Crippen molar-refractivity contribution in [2.24, 2.45) is 10.8 Å². The van der Waals surface area contributed by atoms with E-state index >= 15 is 0 Å². The molecule has 0 fully saturated rings. The summed E-state index contributed by atoms with van der Waals surface area (Å²) in [4.78, 5) is 0. The molecule has 0 heterocycles. The summed E-state index contributed by atoms with van der Waals surface area (Å²) in [7, 11) is -3.16. The van der Waals surface area contributed by atoms with Crippen molar-refractivity contribution in [2.45, 2.75) is 67.3 Å². The van der Waals surface area contributed by atoms with E-state index < -0.39 is 10.0 Å². The lowest BCUT2D eigenvalue weighted by atomic mass is 9.67. The van der Waals surface area contributed by atoms with E-state index in [0.29, 0.717) is 6.54 Å². The molecule has 0 atom stereocenters. The van der Waals surface area contributed by atoms with Gasteiger partial charge in [0.15, 0.2) is 0 Å². The first-order chi connectivity index (χ1) is 7.59. The van der Waals surface area contributed by atoms with Crippen LogP contribution in [-0.2, 0) is 10.0 Å².